The molecule has 0 radical (unpaired) electrons. The topological polar surface area (TPSA) is 131 Å². The molecule has 46 heavy (non-hydrogen) atoms. The van der Waals surface area contributed by atoms with Crippen molar-refractivity contribution in [2.45, 2.75) is 75.8 Å². The van der Waals surface area contributed by atoms with Crippen LogP contribution in [0.1, 0.15) is 45.4 Å². The number of hydrogen-bond donors (Lipinski definition) is 1. The smallest absolute Gasteiger partial charge is 0.377 e. The third kappa shape index (κ3) is 14.5. The number of halogens is 4. The van der Waals surface area contributed by atoms with E-state index >= 15 is 0 Å². The second kappa shape index (κ2) is 21.5. The summed E-state index contributed by atoms with van der Waals surface area (Å²) in [5.41, 5.74) is -0.848. The summed E-state index contributed by atoms with van der Waals surface area (Å²) in [6.07, 6.45) is -6.72. The lowest BCUT2D eigenvalue weighted by molar-refractivity contribution is -0.368. The van der Waals surface area contributed by atoms with E-state index in [1.165, 1.54) is 70.9 Å². The monoisotopic (exact) mass is 733 g/mol. The van der Waals surface area contributed by atoms with Crippen molar-refractivity contribution in [1.82, 2.24) is 5.32 Å². The van der Waals surface area contributed by atoms with E-state index in [4.69, 9.17) is 39.8 Å². The van der Waals surface area contributed by atoms with Crippen molar-refractivity contribution >= 4 is 32.3 Å². The fourth-order valence-corrected chi connectivity index (χ4v) is 10.4. The standard InChI is InChI=1S/C26H55F4NO12Si3/c1-11-42-22-25(27,28)43-26(29,30)23(32)31-21-24(15-12-18-44(33-2,34-3)35-4,16-13-19-45(36-5,37-6)38-7)17-14-20-46(39-8,40-9)41-10/h11-22H2,1-10H3,(H,31,32). The number of amides is 1. The van der Waals surface area contributed by atoms with Gasteiger partial charge in [0, 0.05) is 95.3 Å². The summed E-state index contributed by atoms with van der Waals surface area (Å²) in [7, 11) is 4.25. The summed E-state index contributed by atoms with van der Waals surface area (Å²) in [5.74, 6) is -2.01. The number of nitrogens with one attached hydrogen (secondary N) is 1. The number of hydrogen-bond acceptors (Lipinski definition) is 12. The molecule has 0 rings (SSSR count). The van der Waals surface area contributed by atoms with E-state index in [1.807, 2.05) is 0 Å². The van der Waals surface area contributed by atoms with Gasteiger partial charge in [0.25, 0.3) is 0 Å². The van der Waals surface area contributed by atoms with Gasteiger partial charge >= 0.3 is 44.5 Å². The maximum atomic E-state index is 14.7. The number of carbonyl (C=O) groups is 1. The molecule has 0 spiro atoms. The lowest BCUT2D eigenvalue weighted by Gasteiger charge is -2.37. The van der Waals surface area contributed by atoms with Crippen molar-refractivity contribution in [1.29, 1.82) is 0 Å². The molecule has 13 nitrogen and oxygen atoms in total. The molecule has 0 saturated carbocycles. The average molecular weight is 734 g/mol. The summed E-state index contributed by atoms with van der Waals surface area (Å²) in [5, 5.41) is 2.18. The van der Waals surface area contributed by atoms with Crippen LogP contribution in [0, 0.1) is 5.41 Å². The Hall–Kier alpha value is -0.599. The first kappa shape index (κ1) is 45.4. The van der Waals surface area contributed by atoms with Crippen LogP contribution < -0.4 is 5.32 Å². The molecule has 0 aromatic rings. The second-order valence-electron chi connectivity index (χ2n) is 10.5. The minimum atomic E-state index is -4.84. The average Bonchev–Trinajstić information content (AvgIpc) is 3.05. The van der Waals surface area contributed by atoms with Gasteiger partial charge in [-0.3, -0.25) is 4.79 Å². The van der Waals surface area contributed by atoms with Crippen molar-refractivity contribution in [3.05, 3.63) is 0 Å². The van der Waals surface area contributed by atoms with E-state index < -0.39 is 56.6 Å². The Morgan fingerprint density at radius 2 is 0.935 bits per heavy atom. The van der Waals surface area contributed by atoms with Gasteiger partial charge in [0.2, 0.25) is 0 Å². The zero-order chi connectivity index (χ0) is 35.5. The Labute approximate surface area is 274 Å². The Kier molecular flexibility index (Phi) is 21.2. The van der Waals surface area contributed by atoms with Gasteiger partial charge in [-0.1, -0.05) is 0 Å². The Balaban J connectivity index is 6.39. The number of alkyl halides is 4. The van der Waals surface area contributed by atoms with E-state index in [9.17, 15) is 22.4 Å². The molecule has 0 aliphatic carbocycles. The van der Waals surface area contributed by atoms with Crippen molar-refractivity contribution in [3.8, 4) is 0 Å². The first-order valence-corrected chi connectivity index (χ1v) is 20.6. The number of rotatable bonds is 29. The molecule has 0 bridgehead atoms. The molecule has 0 aromatic heterocycles. The molecule has 1 amide bonds. The molecule has 0 unspecified atom stereocenters. The molecule has 1 N–H and O–H groups in total. The summed E-state index contributed by atoms with van der Waals surface area (Å²) in [6.45, 7) is -0.478. The van der Waals surface area contributed by atoms with Crippen LogP contribution in [0.4, 0.5) is 17.6 Å². The summed E-state index contributed by atoms with van der Waals surface area (Å²) in [6, 6.07) is 1.15. The predicted octanol–water partition coefficient (Wildman–Crippen LogP) is 4.30. The molecule has 0 atom stereocenters. The van der Waals surface area contributed by atoms with Crippen LogP contribution in [0.2, 0.25) is 18.1 Å². The first-order chi connectivity index (χ1) is 21.6. The molecule has 0 fully saturated rings. The number of ether oxygens (including phenoxy) is 2. The van der Waals surface area contributed by atoms with E-state index in [1.54, 1.807) is 0 Å². The van der Waals surface area contributed by atoms with Crippen LogP contribution in [-0.2, 0) is 54.1 Å². The molecule has 0 aliphatic heterocycles. The summed E-state index contributed by atoms with van der Waals surface area (Å²) >= 11 is 0. The van der Waals surface area contributed by atoms with E-state index in [0.717, 1.165) is 0 Å². The molecule has 0 saturated heterocycles. The molecular formula is C26H55F4NO12Si3. The highest BCUT2D eigenvalue weighted by Gasteiger charge is 2.51. The van der Waals surface area contributed by atoms with Gasteiger partial charge in [0.15, 0.2) is 0 Å². The van der Waals surface area contributed by atoms with E-state index in [-0.39, 0.29) is 13.2 Å². The van der Waals surface area contributed by atoms with Crippen LogP contribution >= 0.6 is 0 Å². The van der Waals surface area contributed by atoms with Crippen LogP contribution in [0.3, 0.4) is 0 Å². The maximum absolute atomic E-state index is 14.7. The zero-order valence-corrected chi connectivity index (χ0v) is 31.9. The molecular weight excluding hydrogens is 679 g/mol. The van der Waals surface area contributed by atoms with Crippen LogP contribution in [0.15, 0.2) is 0 Å². The third-order valence-corrected chi connectivity index (χ3v) is 16.5. The molecule has 276 valence electrons. The Morgan fingerprint density at radius 3 is 1.22 bits per heavy atom. The lowest BCUT2D eigenvalue weighted by Crippen LogP contribution is -2.50. The first-order valence-electron chi connectivity index (χ1n) is 14.8. The van der Waals surface area contributed by atoms with Crippen LogP contribution in [0.25, 0.3) is 0 Å². The van der Waals surface area contributed by atoms with E-state index in [0.29, 0.717) is 56.7 Å². The van der Waals surface area contributed by atoms with Gasteiger partial charge < -0.3 is 49.9 Å². The SMILES string of the molecule is CCOCC(F)(F)OC(F)(F)C(=O)NCC(CCC[Si](OC)(OC)OC)(CCC[Si](OC)(OC)OC)CCC[Si](OC)(OC)OC. The Bertz CT molecular complexity index is 753. The van der Waals surface area contributed by atoms with Gasteiger partial charge in [-0.15, -0.1) is 0 Å². The largest absolute Gasteiger partial charge is 0.500 e. The van der Waals surface area contributed by atoms with Gasteiger partial charge in [0.05, 0.1) is 0 Å². The van der Waals surface area contributed by atoms with Crippen molar-refractivity contribution in [3.63, 3.8) is 0 Å². The van der Waals surface area contributed by atoms with Gasteiger partial charge in [0.1, 0.15) is 6.61 Å². The fourth-order valence-electron chi connectivity index (χ4n) is 5.20. The Morgan fingerprint density at radius 1 is 0.609 bits per heavy atom. The van der Waals surface area contributed by atoms with Crippen molar-refractivity contribution < 1.29 is 71.7 Å². The maximum Gasteiger partial charge on any atom is 0.500 e. The minimum Gasteiger partial charge on any atom is -0.377 e. The highest BCUT2D eigenvalue weighted by molar-refractivity contribution is 6.61. The van der Waals surface area contributed by atoms with Gasteiger partial charge in [-0.25, -0.2) is 4.74 Å². The quantitative estimate of drug-likeness (QED) is 0.0869. The molecule has 20 heteroatoms. The third-order valence-electron chi connectivity index (χ3n) is 8.01. The van der Waals surface area contributed by atoms with Crippen molar-refractivity contribution in [2.75, 3.05) is 83.7 Å². The molecule has 0 aliphatic rings. The summed E-state index contributed by atoms with van der Waals surface area (Å²) < 4.78 is 115. The van der Waals surface area contributed by atoms with Gasteiger partial charge in [-0.2, -0.15) is 17.6 Å². The van der Waals surface area contributed by atoms with Crippen LogP contribution in [0.5, 0.6) is 0 Å². The predicted molar refractivity (Wildman–Crippen MR) is 165 cm³/mol. The van der Waals surface area contributed by atoms with Crippen molar-refractivity contribution in [2.24, 2.45) is 5.41 Å². The minimum absolute atomic E-state index is 0.155. The highest BCUT2D eigenvalue weighted by atomic mass is 28.4. The van der Waals surface area contributed by atoms with Gasteiger partial charge in [-0.05, 0) is 50.9 Å². The lowest BCUT2D eigenvalue weighted by atomic mass is 9.75. The fraction of sp³-hybridized carbons (Fsp3) is 0.962. The molecule has 0 aromatic carbocycles. The highest BCUT2D eigenvalue weighted by Crippen LogP contribution is 2.39. The van der Waals surface area contributed by atoms with E-state index in [2.05, 4.69) is 14.8 Å². The normalized spacial score (nSPS) is 13.8. The second-order valence-corrected chi connectivity index (χ2v) is 19.8. The number of carbonyl (C=O) groups excluding carboxylic acids is 1. The summed E-state index contributed by atoms with van der Waals surface area (Å²) in [4.78, 5) is 12.7. The van der Waals surface area contributed by atoms with Crippen LogP contribution in [-0.4, -0.2) is 128 Å². The molecule has 0 heterocycles. The zero-order valence-electron chi connectivity index (χ0n) is 28.9.